The van der Waals surface area contributed by atoms with Crippen LogP contribution in [0.1, 0.15) is 27.2 Å². The van der Waals surface area contributed by atoms with Crippen molar-refractivity contribution in [2.24, 2.45) is 17.8 Å². The van der Waals surface area contributed by atoms with Crippen LogP contribution in [0.5, 0.6) is 0 Å². The third-order valence-electron chi connectivity index (χ3n) is 3.42. The maximum Gasteiger partial charge on any atom is 0.184 e. The maximum atomic E-state index is 6.19. The van der Waals surface area contributed by atoms with Gasteiger partial charge in [0.25, 0.3) is 0 Å². The molecule has 1 rings (SSSR count). The van der Waals surface area contributed by atoms with Crippen molar-refractivity contribution >= 4 is 8.32 Å². The minimum atomic E-state index is -1.32. The Balaban J connectivity index is 2.54. The minimum Gasteiger partial charge on any atom is -0.414 e. The van der Waals surface area contributed by atoms with Gasteiger partial charge in [0, 0.05) is 6.10 Å². The van der Waals surface area contributed by atoms with Gasteiger partial charge < -0.3 is 4.43 Å². The second-order valence-electron chi connectivity index (χ2n) is 5.70. The Kier molecular flexibility index (Phi) is 3.23. The summed E-state index contributed by atoms with van der Waals surface area (Å²) in [6.45, 7) is 13.9. The van der Waals surface area contributed by atoms with Crippen LogP contribution in [0.3, 0.4) is 0 Å². The van der Waals surface area contributed by atoms with E-state index in [2.05, 4.69) is 40.4 Å². The molecule has 1 aliphatic rings. The van der Waals surface area contributed by atoms with Gasteiger partial charge in [0.2, 0.25) is 0 Å². The molecule has 1 aliphatic carbocycles. The molecule has 13 heavy (non-hydrogen) atoms. The van der Waals surface area contributed by atoms with Gasteiger partial charge in [-0.15, -0.1) is 0 Å². The van der Waals surface area contributed by atoms with Crippen molar-refractivity contribution in [3.8, 4) is 0 Å². The van der Waals surface area contributed by atoms with Gasteiger partial charge in [-0.05, 0) is 43.8 Å². The largest absolute Gasteiger partial charge is 0.414 e. The fourth-order valence-electron chi connectivity index (χ4n) is 2.26. The molecule has 0 spiro atoms. The lowest BCUT2D eigenvalue weighted by atomic mass is 9.94. The van der Waals surface area contributed by atoms with Crippen molar-refractivity contribution in [2.75, 3.05) is 0 Å². The molecule has 0 aromatic heterocycles. The molecule has 0 saturated heterocycles. The summed E-state index contributed by atoms with van der Waals surface area (Å²) in [5.74, 6) is 2.43. The standard InChI is InChI=1S/C11H24OSi/c1-8-7-11(10(3)9(8)2)12-13(4,5)6/h8-11H,7H2,1-6H3. The van der Waals surface area contributed by atoms with Gasteiger partial charge in [-0.25, -0.2) is 0 Å². The average Bonchev–Trinajstić information content (AvgIpc) is 2.15. The molecule has 0 heterocycles. The van der Waals surface area contributed by atoms with E-state index in [1.54, 1.807) is 0 Å². The monoisotopic (exact) mass is 200 g/mol. The van der Waals surface area contributed by atoms with E-state index < -0.39 is 8.32 Å². The van der Waals surface area contributed by atoms with E-state index in [4.69, 9.17) is 4.43 Å². The van der Waals surface area contributed by atoms with Crippen LogP contribution in [0.4, 0.5) is 0 Å². The van der Waals surface area contributed by atoms with Crippen LogP contribution in [0.25, 0.3) is 0 Å². The predicted molar refractivity (Wildman–Crippen MR) is 60.3 cm³/mol. The van der Waals surface area contributed by atoms with Gasteiger partial charge in [-0.2, -0.15) is 0 Å². The summed E-state index contributed by atoms with van der Waals surface area (Å²) in [5, 5.41) is 0. The molecule has 1 nitrogen and oxygen atoms in total. The molecule has 4 unspecified atom stereocenters. The van der Waals surface area contributed by atoms with Crippen LogP contribution in [-0.2, 0) is 4.43 Å². The summed E-state index contributed by atoms with van der Waals surface area (Å²) in [5.41, 5.74) is 0. The number of hydrogen-bond donors (Lipinski definition) is 0. The van der Waals surface area contributed by atoms with Crippen LogP contribution in [0.15, 0.2) is 0 Å². The normalized spacial score (nSPS) is 41.1. The van der Waals surface area contributed by atoms with Crippen LogP contribution >= 0.6 is 0 Å². The Morgan fingerprint density at radius 3 is 1.85 bits per heavy atom. The van der Waals surface area contributed by atoms with Gasteiger partial charge in [-0.3, -0.25) is 0 Å². The van der Waals surface area contributed by atoms with E-state index in [1.165, 1.54) is 6.42 Å². The first-order valence-electron chi connectivity index (χ1n) is 5.49. The van der Waals surface area contributed by atoms with Crippen LogP contribution in [0, 0.1) is 17.8 Å². The zero-order valence-corrected chi connectivity index (χ0v) is 10.9. The Labute approximate surface area is 84.0 Å². The molecule has 0 radical (unpaired) electrons. The zero-order chi connectivity index (χ0) is 10.2. The van der Waals surface area contributed by atoms with Gasteiger partial charge in [0.1, 0.15) is 0 Å². The molecule has 2 heteroatoms. The molecule has 4 atom stereocenters. The highest BCUT2D eigenvalue weighted by Crippen LogP contribution is 2.39. The van der Waals surface area contributed by atoms with Gasteiger partial charge >= 0.3 is 0 Å². The first-order chi connectivity index (χ1) is 5.81. The molecular formula is C11H24OSi. The smallest absolute Gasteiger partial charge is 0.184 e. The van der Waals surface area contributed by atoms with E-state index in [-0.39, 0.29) is 0 Å². The highest BCUT2D eigenvalue weighted by atomic mass is 28.4. The molecule has 0 aliphatic heterocycles. The summed E-state index contributed by atoms with van der Waals surface area (Å²) in [7, 11) is -1.32. The first kappa shape index (κ1) is 11.3. The van der Waals surface area contributed by atoms with Gasteiger partial charge in [0.05, 0.1) is 0 Å². The van der Waals surface area contributed by atoms with E-state index in [1.807, 2.05) is 0 Å². The predicted octanol–water partition coefficient (Wildman–Crippen LogP) is 3.52. The van der Waals surface area contributed by atoms with Crippen molar-refractivity contribution in [2.45, 2.75) is 52.9 Å². The SMILES string of the molecule is CC1CC(O[Si](C)(C)C)C(C)C1C. The summed E-state index contributed by atoms with van der Waals surface area (Å²) in [6, 6.07) is 0. The number of hydrogen-bond acceptors (Lipinski definition) is 1. The first-order valence-corrected chi connectivity index (χ1v) is 8.90. The second kappa shape index (κ2) is 3.74. The lowest BCUT2D eigenvalue weighted by Crippen LogP contribution is -2.33. The van der Waals surface area contributed by atoms with E-state index in [0.717, 1.165) is 17.8 Å². The molecular weight excluding hydrogens is 176 g/mol. The fourth-order valence-corrected chi connectivity index (χ4v) is 3.48. The molecule has 0 aromatic carbocycles. The van der Waals surface area contributed by atoms with Crippen LogP contribution in [0.2, 0.25) is 19.6 Å². The average molecular weight is 200 g/mol. The third kappa shape index (κ3) is 2.81. The third-order valence-corrected chi connectivity index (χ3v) is 4.43. The van der Waals surface area contributed by atoms with E-state index in [0.29, 0.717) is 6.10 Å². The molecule has 1 saturated carbocycles. The molecule has 0 aromatic rings. The van der Waals surface area contributed by atoms with Crippen molar-refractivity contribution in [3.63, 3.8) is 0 Å². The van der Waals surface area contributed by atoms with Crippen LogP contribution < -0.4 is 0 Å². The quantitative estimate of drug-likeness (QED) is 0.620. The van der Waals surface area contributed by atoms with Crippen molar-refractivity contribution < 1.29 is 4.43 Å². The Hall–Kier alpha value is 0.177. The Morgan fingerprint density at radius 1 is 1.00 bits per heavy atom. The summed E-state index contributed by atoms with van der Waals surface area (Å²) in [4.78, 5) is 0. The molecule has 78 valence electrons. The fraction of sp³-hybridized carbons (Fsp3) is 1.00. The number of rotatable bonds is 2. The van der Waals surface area contributed by atoms with Crippen molar-refractivity contribution in [1.82, 2.24) is 0 Å². The topological polar surface area (TPSA) is 9.23 Å². The maximum absolute atomic E-state index is 6.19. The second-order valence-corrected chi connectivity index (χ2v) is 10.2. The van der Waals surface area contributed by atoms with Crippen molar-refractivity contribution in [1.29, 1.82) is 0 Å². The van der Waals surface area contributed by atoms with Crippen LogP contribution in [-0.4, -0.2) is 14.4 Å². The molecule has 0 bridgehead atoms. The minimum absolute atomic E-state index is 0.539. The zero-order valence-electron chi connectivity index (χ0n) is 9.92. The molecule has 0 N–H and O–H groups in total. The Morgan fingerprint density at radius 2 is 1.54 bits per heavy atom. The Bertz CT molecular complexity index is 173. The highest BCUT2D eigenvalue weighted by Gasteiger charge is 2.37. The summed E-state index contributed by atoms with van der Waals surface area (Å²) < 4.78 is 6.19. The lowest BCUT2D eigenvalue weighted by Gasteiger charge is -2.27. The van der Waals surface area contributed by atoms with E-state index >= 15 is 0 Å². The molecule has 0 amide bonds. The van der Waals surface area contributed by atoms with E-state index in [9.17, 15) is 0 Å². The van der Waals surface area contributed by atoms with Gasteiger partial charge in [0.15, 0.2) is 8.32 Å². The highest BCUT2D eigenvalue weighted by molar-refractivity contribution is 6.69. The molecule has 1 fully saturated rings. The summed E-state index contributed by atoms with van der Waals surface area (Å²) in [6.07, 6.45) is 1.81. The summed E-state index contributed by atoms with van der Waals surface area (Å²) >= 11 is 0. The van der Waals surface area contributed by atoms with Crippen molar-refractivity contribution in [3.05, 3.63) is 0 Å². The lowest BCUT2D eigenvalue weighted by molar-refractivity contribution is 0.148. The van der Waals surface area contributed by atoms with Gasteiger partial charge in [-0.1, -0.05) is 20.8 Å².